The minimum atomic E-state index is -0.0599. The summed E-state index contributed by atoms with van der Waals surface area (Å²) in [5.41, 5.74) is 2.88. The van der Waals surface area contributed by atoms with Gasteiger partial charge in [-0.2, -0.15) is 35.3 Å². The second-order valence-electron chi connectivity index (χ2n) is 12.9. The van der Waals surface area contributed by atoms with Crippen LogP contribution in [0.5, 0.6) is 5.75 Å². The summed E-state index contributed by atoms with van der Waals surface area (Å²) in [7, 11) is 0. The fourth-order valence-corrected chi connectivity index (χ4v) is 8.98. The Morgan fingerprint density at radius 1 is 0.543 bits per heavy atom. The fourth-order valence-electron chi connectivity index (χ4n) is 6.66. The van der Waals surface area contributed by atoms with Crippen LogP contribution in [0.2, 0.25) is 0 Å². The highest BCUT2D eigenvalue weighted by Crippen LogP contribution is 2.33. The normalized spacial score (nSPS) is 18.3. The van der Waals surface area contributed by atoms with Crippen molar-refractivity contribution in [1.29, 1.82) is 0 Å². The van der Waals surface area contributed by atoms with Crippen molar-refractivity contribution in [3.8, 4) is 5.75 Å². The number of thioether (sulfide) groups is 3. The van der Waals surface area contributed by atoms with Gasteiger partial charge >= 0.3 is 17.9 Å². The molecule has 0 amide bonds. The Hall–Kier alpha value is -1.52. The molecule has 3 aliphatic rings. The number of rotatable bonds is 18. The van der Waals surface area contributed by atoms with Crippen LogP contribution < -0.4 is 0 Å². The summed E-state index contributed by atoms with van der Waals surface area (Å²) < 4.78 is 16.7. The lowest BCUT2D eigenvalue weighted by molar-refractivity contribution is -0.149. The van der Waals surface area contributed by atoms with E-state index in [1.165, 1.54) is 19.3 Å². The summed E-state index contributed by atoms with van der Waals surface area (Å²) in [5, 5.41) is 11.2. The Bertz CT molecular complexity index is 1020. The maximum absolute atomic E-state index is 12.4. The van der Waals surface area contributed by atoms with Gasteiger partial charge in [-0.1, -0.05) is 69.9 Å². The van der Waals surface area contributed by atoms with Gasteiger partial charge in [-0.3, -0.25) is 14.4 Å². The topological polar surface area (TPSA) is 99.1 Å². The molecule has 0 saturated heterocycles. The third-order valence-corrected chi connectivity index (χ3v) is 12.3. The second-order valence-corrected chi connectivity index (χ2v) is 16.2. The second kappa shape index (κ2) is 21.5. The van der Waals surface area contributed by atoms with Crippen molar-refractivity contribution in [3.05, 3.63) is 28.8 Å². The molecular weight excluding hydrogens is 641 g/mol. The molecule has 10 heteroatoms. The Morgan fingerprint density at radius 3 is 1.22 bits per heavy atom. The molecule has 0 unspecified atom stereocenters. The van der Waals surface area contributed by atoms with Crippen LogP contribution in [0, 0.1) is 17.8 Å². The molecule has 0 aromatic heterocycles. The van der Waals surface area contributed by atoms with Crippen molar-refractivity contribution in [2.24, 2.45) is 17.8 Å². The number of carbonyl (C=O) groups is 3. The maximum Gasteiger partial charge on any atom is 0.308 e. The smallest absolute Gasteiger partial charge is 0.308 e. The molecule has 3 aliphatic carbocycles. The van der Waals surface area contributed by atoms with E-state index in [2.05, 4.69) is 12.1 Å². The van der Waals surface area contributed by atoms with Gasteiger partial charge in [0.2, 0.25) is 0 Å². The number of hydrogen-bond donors (Lipinski definition) is 1. The molecule has 0 atom stereocenters. The zero-order chi connectivity index (χ0) is 32.4. The molecular formula is C36H54O7S3. The monoisotopic (exact) mass is 694 g/mol. The average molecular weight is 695 g/mol. The van der Waals surface area contributed by atoms with Crippen molar-refractivity contribution in [3.63, 3.8) is 0 Å². The highest BCUT2D eigenvalue weighted by atomic mass is 32.2. The van der Waals surface area contributed by atoms with Crippen molar-refractivity contribution >= 4 is 53.2 Å². The molecule has 1 aromatic rings. The van der Waals surface area contributed by atoms with E-state index in [0.717, 1.165) is 105 Å². The molecule has 3 fully saturated rings. The summed E-state index contributed by atoms with van der Waals surface area (Å²) in [4.78, 5) is 37.1. The lowest BCUT2D eigenvalue weighted by atomic mass is 9.89. The summed E-state index contributed by atoms with van der Waals surface area (Å²) in [6.45, 7) is 1.19. The fraction of sp³-hybridized carbons (Fsp3) is 0.750. The zero-order valence-electron chi connectivity index (χ0n) is 27.5. The number of ether oxygens (including phenoxy) is 3. The highest BCUT2D eigenvalue weighted by molar-refractivity contribution is 7.99. The van der Waals surface area contributed by atoms with Crippen LogP contribution in [-0.4, -0.2) is 60.1 Å². The number of hydrogen-bond acceptors (Lipinski definition) is 10. The highest BCUT2D eigenvalue weighted by Gasteiger charge is 2.24. The summed E-state index contributed by atoms with van der Waals surface area (Å²) in [6, 6.07) is 4.13. The van der Waals surface area contributed by atoms with Crippen molar-refractivity contribution in [2.75, 3.05) is 37.1 Å². The van der Waals surface area contributed by atoms with Gasteiger partial charge in [0.1, 0.15) is 25.6 Å². The average Bonchev–Trinajstić information content (AvgIpc) is 3.10. The SMILES string of the molecule is O=C(OCCSCc1cc(CSCCOC(=O)C2CCCCC2)c(O)c(CSCCOC(=O)C2CCCCC2)c1)C1CCCCC1. The van der Waals surface area contributed by atoms with Crippen LogP contribution in [0.3, 0.4) is 0 Å². The summed E-state index contributed by atoms with van der Waals surface area (Å²) in [5.74, 6) is 4.44. The quantitative estimate of drug-likeness (QED) is 0.0916. The summed E-state index contributed by atoms with van der Waals surface area (Å²) >= 11 is 5.04. The lowest BCUT2D eigenvalue weighted by Gasteiger charge is -2.20. The van der Waals surface area contributed by atoms with E-state index < -0.39 is 0 Å². The Morgan fingerprint density at radius 2 is 0.870 bits per heavy atom. The van der Waals surface area contributed by atoms with Crippen LogP contribution in [0.4, 0.5) is 0 Å². The first-order valence-electron chi connectivity index (χ1n) is 17.6. The van der Waals surface area contributed by atoms with Gasteiger partial charge in [0.05, 0.1) is 17.8 Å². The van der Waals surface area contributed by atoms with Gasteiger partial charge in [-0.05, 0) is 44.1 Å². The van der Waals surface area contributed by atoms with E-state index in [1.807, 2.05) is 0 Å². The number of esters is 3. The molecule has 0 radical (unpaired) electrons. The van der Waals surface area contributed by atoms with Crippen LogP contribution in [0.25, 0.3) is 0 Å². The standard InChI is InChI=1S/C36H54O7S3/c37-33-31(25-45-20-17-42-35(39)29-12-6-2-7-13-29)22-27(24-44-19-16-41-34(38)28-10-4-1-5-11-28)23-32(33)26-46-21-18-43-36(40)30-14-8-3-9-15-30/h22-23,28-30,37H,1-21,24-26H2. The van der Waals surface area contributed by atoms with Crippen molar-refractivity contribution in [1.82, 2.24) is 0 Å². The third-order valence-electron chi connectivity index (χ3n) is 9.34. The van der Waals surface area contributed by atoms with E-state index in [0.29, 0.717) is 48.6 Å². The molecule has 3 saturated carbocycles. The molecule has 0 bridgehead atoms. The molecule has 46 heavy (non-hydrogen) atoms. The van der Waals surface area contributed by atoms with Crippen molar-refractivity contribution < 1.29 is 33.7 Å². The van der Waals surface area contributed by atoms with Crippen LogP contribution >= 0.6 is 35.3 Å². The van der Waals surface area contributed by atoms with Gasteiger partial charge in [0.15, 0.2) is 0 Å². The summed E-state index contributed by atoms with van der Waals surface area (Å²) in [6.07, 6.45) is 16.0. The molecule has 1 aromatic carbocycles. The largest absolute Gasteiger partial charge is 0.507 e. The first-order chi connectivity index (χ1) is 22.5. The van der Waals surface area contributed by atoms with E-state index in [9.17, 15) is 19.5 Å². The van der Waals surface area contributed by atoms with Crippen molar-refractivity contribution in [2.45, 2.75) is 114 Å². The van der Waals surface area contributed by atoms with Crippen LogP contribution in [-0.2, 0) is 45.9 Å². The van der Waals surface area contributed by atoms with E-state index in [-0.39, 0.29) is 35.7 Å². The van der Waals surface area contributed by atoms with E-state index in [4.69, 9.17) is 14.2 Å². The predicted octanol–water partition coefficient (Wildman–Crippen LogP) is 8.46. The van der Waals surface area contributed by atoms with E-state index >= 15 is 0 Å². The Labute approximate surface area is 288 Å². The molecule has 0 spiro atoms. The molecule has 0 aliphatic heterocycles. The zero-order valence-corrected chi connectivity index (χ0v) is 29.9. The minimum absolute atomic E-state index is 0.0441. The molecule has 0 heterocycles. The Balaban J connectivity index is 1.23. The molecule has 1 N–H and O–H groups in total. The lowest BCUT2D eigenvalue weighted by Crippen LogP contribution is -2.21. The van der Waals surface area contributed by atoms with Crippen LogP contribution in [0.1, 0.15) is 113 Å². The number of aromatic hydroxyl groups is 1. The van der Waals surface area contributed by atoms with Gasteiger partial charge in [0.25, 0.3) is 0 Å². The van der Waals surface area contributed by atoms with Gasteiger partial charge in [-0.15, -0.1) is 0 Å². The number of phenols is 1. The van der Waals surface area contributed by atoms with Gasteiger partial charge in [0, 0.05) is 45.6 Å². The first-order valence-corrected chi connectivity index (χ1v) is 21.0. The number of phenolic OH excluding ortho intramolecular Hbond substituents is 1. The van der Waals surface area contributed by atoms with Gasteiger partial charge in [-0.25, -0.2) is 0 Å². The van der Waals surface area contributed by atoms with Gasteiger partial charge < -0.3 is 19.3 Å². The number of carbonyl (C=O) groups excluding carboxylic acids is 3. The third kappa shape index (κ3) is 13.2. The molecule has 258 valence electrons. The number of benzene rings is 1. The molecule has 7 nitrogen and oxygen atoms in total. The maximum atomic E-state index is 12.4. The molecule has 4 rings (SSSR count). The Kier molecular flexibility index (Phi) is 17.4. The first kappa shape index (κ1) is 37.3. The minimum Gasteiger partial charge on any atom is -0.507 e. The van der Waals surface area contributed by atoms with Crippen LogP contribution in [0.15, 0.2) is 12.1 Å². The van der Waals surface area contributed by atoms with E-state index in [1.54, 1.807) is 35.3 Å². The predicted molar refractivity (Wildman–Crippen MR) is 189 cm³/mol.